The third kappa shape index (κ3) is 3.11. The molecule has 3 atom stereocenters. The molecule has 0 bridgehead atoms. The lowest BCUT2D eigenvalue weighted by molar-refractivity contribution is -0.159. The number of hydrogen-bond acceptors (Lipinski definition) is 3. The van der Waals surface area contributed by atoms with Crippen molar-refractivity contribution in [2.24, 2.45) is 5.92 Å². The summed E-state index contributed by atoms with van der Waals surface area (Å²) >= 11 is 3.44. The van der Waals surface area contributed by atoms with E-state index >= 15 is 0 Å². The van der Waals surface area contributed by atoms with Crippen LogP contribution in [0.2, 0.25) is 0 Å². The van der Waals surface area contributed by atoms with E-state index in [2.05, 4.69) is 15.9 Å². The minimum absolute atomic E-state index is 0.0214. The summed E-state index contributed by atoms with van der Waals surface area (Å²) in [5, 5.41) is 8.98. The van der Waals surface area contributed by atoms with Crippen LogP contribution in [0.3, 0.4) is 0 Å². The Kier molecular flexibility index (Phi) is 3.99. The maximum absolute atomic E-state index is 12.5. The van der Waals surface area contributed by atoms with Gasteiger partial charge in [-0.3, -0.25) is 4.79 Å². The highest BCUT2D eigenvalue weighted by molar-refractivity contribution is 9.10. The van der Waals surface area contributed by atoms with Crippen molar-refractivity contribution in [2.75, 3.05) is 19.7 Å². The van der Waals surface area contributed by atoms with E-state index in [0.29, 0.717) is 6.54 Å². The summed E-state index contributed by atoms with van der Waals surface area (Å²) in [6.07, 6.45) is -0.0598. The predicted molar refractivity (Wildman–Crippen MR) is 78.9 cm³/mol. The molecule has 1 aliphatic carbocycles. The summed E-state index contributed by atoms with van der Waals surface area (Å²) in [7, 11) is 0. The average molecular weight is 354 g/mol. The molecule has 6 heteroatoms. The number of halogens is 1. The standard InChI is InChI=1S/C15H16BrNO4/c16-10-3-1-2-9(6-10)11-7-12(11)14(18)17-4-5-21-13(8-17)15(19)20/h1-3,6,11-13H,4-5,7-8H2,(H,19,20). The van der Waals surface area contributed by atoms with Crippen LogP contribution in [0.4, 0.5) is 0 Å². The molecule has 3 unspecified atom stereocenters. The molecule has 0 radical (unpaired) electrons. The number of nitrogens with zero attached hydrogens (tertiary/aromatic N) is 1. The highest BCUT2D eigenvalue weighted by Gasteiger charge is 2.46. The first-order valence-electron chi connectivity index (χ1n) is 6.95. The van der Waals surface area contributed by atoms with Gasteiger partial charge in [0.2, 0.25) is 5.91 Å². The average Bonchev–Trinajstić information content (AvgIpc) is 3.27. The molecule has 1 saturated heterocycles. The normalized spacial score (nSPS) is 28.2. The van der Waals surface area contributed by atoms with Gasteiger partial charge in [-0.15, -0.1) is 0 Å². The van der Waals surface area contributed by atoms with Crippen molar-refractivity contribution in [3.63, 3.8) is 0 Å². The number of ether oxygens (including phenoxy) is 1. The van der Waals surface area contributed by atoms with Crippen molar-refractivity contribution >= 4 is 27.8 Å². The number of carbonyl (C=O) groups is 2. The minimum Gasteiger partial charge on any atom is -0.479 e. The Labute approximate surface area is 131 Å². The Bertz CT molecular complexity index is 577. The van der Waals surface area contributed by atoms with E-state index in [1.807, 2.05) is 24.3 Å². The molecule has 21 heavy (non-hydrogen) atoms. The number of carboxylic acid groups (broad SMARTS) is 1. The number of benzene rings is 1. The molecule has 1 heterocycles. The molecule has 0 aromatic heterocycles. The first kappa shape index (κ1) is 14.5. The van der Waals surface area contributed by atoms with E-state index in [9.17, 15) is 9.59 Å². The van der Waals surface area contributed by atoms with E-state index in [4.69, 9.17) is 9.84 Å². The van der Waals surface area contributed by atoms with Gasteiger partial charge < -0.3 is 14.7 Å². The van der Waals surface area contributed by atoms with Gasteiger partial charge in [-0.25, -0.2) is 4.79 Å². The van der Waals surface area contributed by atoms with E-state index in [1.165, 1.54) is 0 Å². The molecule has 1 amide bonds. The fourth-order valence-electron chi connectivity index (χ4n) is 2.81. The fraction of sp³-hybridized carbons (Fsp3) is 0.467. The van der Waals surface area contributed by atoms with Crippen molar-refractivity contribution in [3.05, 3.63) is 34.3 Å². The topological polar surface area (TPSA) is 66.8 Å². The monoisotopic (exact) mass is 353 g/mol. The number of hydrogen-bond donors (Lipinski definition) is 1. The highest BCUT2D eigenvalue weighted by atomic mass is 79.9. The van der Waals surface area contributed by atoms with Gasteiger partial charge in [0.05, 0.1) is 13.2 Å². The largest absolute Gasteiger partial charge is 0.479 e. The molecule has 1 aromatic rings. The zero-order chi connectivity index (χ0) is 15.0. The molecule has 3 rings (SSSR count). The second kappa shape index (κ2) is 5.77. The maximum Gasteiger partial charge on any atom is 0.334 e. The fourth-order valence-corrected chi connectivity index (χ4v) is 3.22. The third-order valence-electron chi connectivity index (χ3n) is 4.04. The lowest BCUT2D eigenvalue weighted by Gasteiger charge is -2.31. The molecule has 1 aliphatic heterocycles. The van der Waals surface area contributed by atoms with Crippen LogP contribution in [-0.4, -0.2) is 47.7 Å². The second-order valence-electron chi connectivity index (χ2n) is 5.49. The van der Waals surface area contributed by atoms with E-state index < -0.39 is 12.1 Å². The number of carboxylic acids is 1. The molecule has 2 fully saturated rings. The first-order valence-corrected chi connectivity index (χ1v) is 7.74. The quantitative estimate of drug-likeness (QED) is 0.900. The maximum atomic E-state index is 12.5. The zero-order valence-corrected chi connectivity index (χ0v) is 13.0. The van der Waals surface area contributed by atoms with Crippen molar-refractivity contribution in [2.45, 2.75) is 18.4 Å². The summed E-state index contributed by atoms with van der Waals surface area (Å²) in [6.45, 7) is 0.914. The van der Waals surface area contributed by atoms with Crippen LogP contribution in [0.15, 0.2) is 28.7 Å². The Hall–Kier alpha value is -1.40. The zero-order valence-electron chi connectivity index (χ0n) is 11.4. The molecule has 1 aromatic carbocycles. The van der Waals surface area contributed by atoms with Gasteiger partial charge in [-0.1, -0.05) is 28.1 Å². The smallest absolute Gasteiger partial charge is 0.334 e. The molecule has 5 nitrogen and oxygen atoms in total. The Morgan fingerprint density at radius 1 is 1.38 bits per heavy atom. The number of aliphatic carboxylic acids is 1. The lowest BCUT2D eigenvalue weighted by Crippen LogP contribution is -2.49. The van der Waals surface area contributed by atoms with Crippen LogP contribution in [0.5, 0.6) is 0 Å². The van der Waals surface area contributed by atoms with Crippen LogP contribution in [0, 0.1) is 5.92 Å². The number of carbonyl (C=O) groups excluding carboxylic acids is 1. The molecular weight excluding hydrogens is 338 g/mol. The van der Waals surface area contributed by atoms with Crippen LogP contribution >= 0.6 is 15.9 Å². The minimum atomic E-state index is -1.01. The van der Waals surface area contributed by atoms with Crippen LogP contribution in [0.25, 0.3) is 0 Å². The van der Waals surface area contributed by atoms with Crippen LogP contribution < -0.4 is 0 Å². The summed E-state index contributed by atoms with van der Waals surface area (Å²) in [4.78, 5) is 25.1. The Morgan fingerprint density at radius 2 is 2.19 bits per heavy atom. The molecular formula is C15H16BrNO4. The van der Waals surface area contributed by atoms with Crippen molar-refractivity contribution < 1.29 is 19.4 Å². The second-order valence-corrected chi connectivity index (χ2v) is 6.40. The number of amides is 1. The van der Waals surface area contributed by atoms with E-state index in [1.54, 1.807) is 4.90 Å². The van der Waals surface area contributed by atoms with Crippen molar-refractivity contribution in [3.8, 4) is 0 Å². The summed E-state index contributed by atoms with van der Waals surface area (Å²) in [5.74, 6) is -0.727. The molecule has 1 saturated carbocycles. The van der Waals surface area contributed by atoms with Crippen molar-refractivity contribution in [1.29, 1.82) is 0 Å². The van der Waals surface area contributed by atoms with Gasteiger partial charge in [-0.2, -0.15) is 0 Å². The molecule has 1 N–H and O–H groups in total. The van der Waals surface area contributed by atoms with Crippen LogP contribution in [-0.2, 0) is 14.3 Å². The predicted octanol–water partition coefficient (Wildman–Crippen LogP) is 1.86. The summed E-state index contributed by atoms with van der Waals surface area (Å²) in [6, 6.07) is 8.00. The SMILES string of the molecule is O=C(O)C1CN(C(=O)C2CC2c2cccc(Br)c2)CCO1. The Morgan fingerprint density at radius 3 is 2.90 bits per heavy atom. The van der Waals surface area contributed by atoms with Gasteiger partial charge in [0.1, 0.15) is 0 Å². The third-order valence-corrected chi connectivity index (χ3v) is 4.53. The van der Waals surface area contributed by atoms with Crippen LogP contribution in [0.1, 0.15) is 17.9 Å². The Balaban J connectivity index is 1.63. The van der Waals surface area contributed by atoms with Crippen molar-refractivity contribution in [1.82, 2.24) is 4.90 Å². The molecule has 112 valence electrons. The summed E-state index contributed by atoms with van der Waals surface area (Å²) < 4.78 is 6.16. The van der Waals surface area contributed by atoms with Gasteiger partial charge in [-0.05, 0) is 30.0 Å². The number of morpholine rings is 1. The van der Waals surface area contributed by atoms with Gasteiger partial charge in [0.15, 0.2) is 6.10 Å². The lowest BCUT2D eigenvalue weighted by atomic mass is 10.1. The molecule has 0 spiro atoms. The highest BCUT2D eigenvalue weighted by Crippen LogP contribution is 2.49. The first-order chi connectivity index (χ1) is 10.1. The summed E-state index contributed by atoms with van der Waals surface area (Å²) in [5.41, 5.74) is 1.16. The molecule has 2 aliphatic rings. The van der Waals surface area contributed by atoms with E-state index in [0.717, 1.165) is 16.5 Å². The van der Waals surface area contributed by atoms with Gasteiger partial charge >= 0.3 is 5.97 Å². The van der Waals surface area contributed by atoms with Gasteiger partial charge in [0, 0.05) is 16.9 Å². The van der Waals surface area contributed by atoms with E-state index in [-0.39, 0.29) is 30.9 Å². The number of rotatable bonds is 3. The van der Waals surface area contributed by atoms with Gasteiger partial charge in [0.25, 0.3) is 0 Å².